The molecule has 0 saturated heterocycles. The van der Waals surface area contributed by atoms with Gasteiger partial charge in [0, 0.05) is 27.8 Å². The van der Waals surface area contributed by atoms with E-state index in [9.17, 15) is 9.36 Å². The van der Waals surface area contributed by atoms with Gasteiger partial charge in [-0.25, -0.2) is 4.98 Å². The first-order chi connectivity index (χ1) is 10.4. The maximum atomic E-state index is 12.0. The van der Waals surface area contributed by atoms with Crippen LogP contribution in [0.5, 0.6) is 0 Å². The second-order valence-corrected chi connectivity index (χ2v) is 6.67. The van der Waals surface area contributed by atoms with Crippen molar-refractivity contribution in [3.63, 3.8) is 0 Å². The van der Waals surface area contributed by atoms with Crippen LogP contribution in [-0.2, 0) is 31.9 Å². The molecule has 0 amide bonds. The lowest BCUT2D eigenvalue weighted by atomic mass is 10.5. The second-order valence-electron chi connectivity index (χ2n) is 4.46. The number of rotatable bonds is 7. The molecule has 0 radical (unpaired) electrons. The van der Waals surface area contributed by atoms with Crippen LogP contribution in [0.25, 0.3) is 11.2 Å². The van der Waals surface area contributed by atoms with Crippen molar-refractivity contribution < 1.29 is 18.3 Å². The number of fused-ring (bicyclic) bond motifs is 1. The number of anilines is 1. The van der Waals surface area contributed by atoms with Gasteiger partial charge < -0.3 is 24.1 Å². The lowest BCUT2D eigenvalue weighted by Crippen LogP contribution is -2.22. The fraction of sp³-hybridized carbons (Fsp3) is 0.545. The van der Waals surface area contributed by atoms with Crippen LogP contribution in [0.4, 0.5) is 5.95 Å². The molecule has 22 heavy (non-hydrogen) atoms. The van der Waals surface area contributed by atoms with Crippen molar-refractivity contribution in [1.82, 2.24) is 19.1 Å². The zero-order chi connectivity index (χ0) is 16.3. The largest absolute Gasteiger partial charge is 0.369 e. The average Bonchev–Trinajstić information content (AvgIpc) is 2.92. The molecule has 2 aromatic heterocycles. The van der Waals surface area contributed by atoms with Crippen LogP contribution in [-0.4, -0.2) is 46.3 Å². The molecule has 10 nitrogen and oxygen atoms in total. The zero-order valence-corrected chi connectivity index (χ0v) is 13.4. The van der Waals surface area contributed by atoms with E-state index in [0.29, 0.717) is 12.2 Å². The third-order valence-electron chi connectivity index (χ3n) is 3.16. The molecule has 2 rings (SSSR count). The molecule has 2 aromatic rings. The molecule has 0 spiro atoms. The Bertz CT molecular complexity index is 762. The predicted molar refractivity (Wildman–Crippen MR) is 79.6 cm³/mol. The summed E-state index contributed by atoms with van der Waals surface area (Å²) in [5.41, 5.74) is 5.97. The van der Waals surface area contributed by atoms with Crippen LogP contribution in [0.2, 0.25) is 0 Å². The number of hydrogen-bond acceptors (Lipinski definition) is 8. The van der Waals surface area contributed by atoms with E-state index in [1.807, 2.05) is 0 Å². The summed E-state index contributed by atoms with van der Waals surface area (Å²) in [5, 5.41) is 0. The highest BCUT2D eigenvalue weighted by Crippen LogP contribution is 2.45. The van der Waals surface area contributed by atoms with Crippen LogP contribution in [0.3, 0.4) is 0 Å². The van der Waals surface area contributed by atoms with Crippen LogP contribution < -0.4 is 11.3 Å². The van der Waals surface area contributed by atoms with E-state index in [2.05, 4.69) is 9.97 Å². The zero-order valence-electron chi connectivity index (χ0n) is 12.6. The third kappa shape index (κ3) is 3.20. The van der Waals surface area contributed by atoms with E-state index >= 15 is 0 Å². The number of nitrogens with two attached hydrogens (primary N) is 1. The van der Waals surface area contributed by atoms with E-state index in [1.165, 1.54) is 32.2 Å². The van der Waals surface area contributed by atoms with Gasteiger partial charge in [0.1, 0.15) is 6.35 Å². The SMILES string of the molecule is COP(=O)(COCCn1cnc2c(=O)n(C)c(N)nc21)OC. The maximum absolute atomic E-state index is 12.0. The fourth-order valence-corrected chi connectivity index (χ4v) is 2.49. The predicted octanol–water partition coefficient (Wildman–Crippen LogP) is 0.172. The first kappa shape index (κ1) is 16.6. The minimum Gasteiger partial charge on any atom is -0.369 e. The number of nitrogen functional groups attached to an aromatic ring is 1. The highest BCUT2D eigenvalue weighted by Gasteiger charge is 2.21. The molecule has 0 unspecified atom stereocenters. The standard InChI is InChI=1S/C11H18N5O5P/c1-15-10(17)8-9(14-11(15)12)16(6-13-8)4-5-21-7-22(18,19-2)20-3/h6H,4-5,7H2,1-3H3,(H2,12,14). The Kier molecular flexibility index (Phi) is 4.97. The van der Waals surface area contributed by atoms with Gasteiger partial charge in [0.05, 0.1) is 12.9 Å². The monoisotopic (exact) mass is 331 g/mol. The molecule has 0 aliphatic rings. The quantitative estimate of drug-likeness (QED) is 0.562. The molecule has 2 N–H and O–H groups in total. The van der Waals surface area contributed by atoms with Gasteiger partial charge in [-0.3, -0.25) is 13.9 Å². The molecule has 0 aliphatic heterocycles. The summed E-state index contributed by atoms with van der Waals surface area (Å²) in [6.45, 7) is 0.586. The average molecular weight is 331 g/mol. The van der Waals surface area contributed by atoms with Crippen molar-refractivity contribution in [3.05, 3.63) is 16.7 Å². The Balaban J connectivity index is 2.07. The van der Waals surface area contributed by atoms with E-state index in [0.717, 1.165) is 0 Å². The first-order valence-corrected chi connectivity index (χ1v) is 8.10. The van der Waals surface area contributed by atoms with Gasteiger partial charge in [0.25, 0.3) is 5.56 Å². The van der Waals surface area contributed by atoms with Crippen LogP contribution in [0.1, 0.15) is 0 Å². The van der Waals surface area contributed by atoms with Crippen LogP contribution in [0, 0.1) is 0 Å². The minimum atomic E-state index is -3.19. The van der Waals surface area contributed by atoms with Crippen molar-refractivity contribution in [2.75, 3.05) is 32.9 Å². The number of aromatic nitrogens is 4. The van der Waals surface area contributed by atoms with E-state index in [1.54, 1.807) is 4.57 Å². The van der Waals surface area contributed by atoms with Crippen LogP contribution in [0.15, 0.2) is 11.1 Å². The summed E-state index contributed by atoms with van der Waals surface area (Å²) in [4.78, 5) is 20.1. The Morgan fingerprint density at radius 1 is 1.36 bits per heavy atom. The summed E-state index contributed by atoms with van der Waals surface area (Å²) in [5.74, 6) is 0.100. The first-order valence-electron chi connectivity index (χ1n) is 6.37. The van der Waals surface area contributed by atoms with Crippen molar-refractivity contribution in [2.24, 2.45) is 7.05 Å². The normalized spacial score (nSPS) is 12.1. The highest BCUT2D eigenvalue weighted by molar-refractivity contribution is 7.53. The third-order valence-corrected chi connectivity index (χ3v) is 4.78. The topological polar surface area (TPSA) is 123 Å². The Hall–Kier alpha value is -1.74. The van der Waals surface area contributed by atoms with Gasteiger partial charge in [-0.05, 0) is 0 Å². The number of imidazole rings is 1. The van der Waals surface area contributed by atoms with Gasteiger partial charge >= 0.3 is 7.60 Å². The van der Waals surface area contributed by atoms with Crippen molar-refractivity contribution in [1.29, 1.82) is 0 Å². The summed E-state index contributed by atoms with van der Waals surface area (Å²) >= 11 is 0. The van der Waals surface area contributed by atoms with Gasteiger partial charge in [-0.2, -0.15) is 4.98 Å². The number of nitrogens with zero attached hydrogens (tertiary/aromatic N) is 4. The summed E-state index contributed by atoms with van der Waals surface area (Å²) in [6, 6.07) is 0. The minimum absolute atomic E-state index is 0.100. The molecule has 122 valence electrons. The van der Waals surface area contributed by atoms with Gasteiger partial charge in [0.15, 0.2) is 11.2 Å². The Morgan fingerprint density at radius 2 is 2.05 bits per heavy atom. The van der Waals surface area contributed by atoms with Gasteiger partial charge in [0.2, 0.25) is 5.95 Å². The maximum Gasteiger partial charge on any atom is 0.355 e. The summed E-state index contributed by atoms with van der Waals surface area (Å²) in [6.07, 6.45) is 1.32. The number of hydrogen-bond donors (Lipinski definition) is 1. The summed E-state index contributed by atoms with van der Waals surface area (Å²) in [7, 11) is 0.915. The molecule has 2 heterocycles. The molecule has 0 saturated carbocycles. The molecule has 0 bridgehead atoms. The number of ether oxygens (including phenoxy) is 1. The van der Waals surface area contributed by atoms with Gasteiger partial charge in [-0.1, -0.05) is 0 Å². The van der Waals surface area contributed by atoms with E-state index in [4.69, 9.17) is 19.5 Å². The van der Waals surface area contributed by atoms with Crippen molar-refractivity contribution >= 4 is 24.7 Å². The lowest BCUT2D eigenvalue weighted by Gasteiger charge is -2.13. The summed E-state index contributed by atoms with van der Waals surface area (Å²) < 4.78 is 29.4. The van der Waals surface area contributed by atoms with Crippen LogP contribution >= 0.6 is 7.60 Å². The fourth-order valence-electron chi connectivity index (χ4n) is 1.77. The smallest absolute Gasteiger partial charge is 0.355 e. The van der Waals surface area contributed by atoms with E-state index in [-0.39, 0.29) is 30.0 Å². The molecule has 11 heteroatoms. The Labute approximate surface area is 126 Å². The van der Waals surface area contributed by atoms with Crippen molar-refractivity contribution in [3.8, 4) is 0 Å². The lowest BCUT2D eigenvalue weighted by molar-refractivity contribution is 0.139. The van der Waals surface area contributed by atoms with E-state index < -0.39 is 7.60 Å². The molecule has 0 atom stereocenters. The highest BCUT2D eigenvalue weighted by atomic mass is 31.2. The molecule has 0 aromatic carbocycles. The molecule has 0 aliphatic carbocycles. The molecular weight excluding hydrogens is 313 g/mol. The Morgan fingerprint density at radius 3 is 2.68 bits per heavy atom. The molecular formula is C11H18N5O5P. The second kappa shape index (κ2) is 6.57. The van der Waals surface area contributed by atoms with Gasteiger partial charge in [-0.15, -0.1) is 0 Å². The van der Waals surface area contributed by atoms with Crippen molar-refractivity contribution in [2.45, 2.75) is 6.54 Å². The molecule has 0 fully saturated rings.